The number of fused-ring (bicyclic) bond motifs is 1. The zero-order valence-corrected chi connectivity index (χ0v) is 13.3. The number of nitrogens with zero attached hydrogens (tertiary/aromatic N) is 4. The summed E-state index contributed by atoms with van der Waals surface area (Å²) in [7, 11) is 1.71. The van der Waals surface area contributed by atoms with Crippen LogP contribution in [0.3, 0.4) is 0 Å². The van der Waals surface area contributed by atoms with Crippen molar-refractivity contribution in [3.05, 3.63) is 83.2 Å². The van der Waals surface area contributed by atoms with Gasteiger partial charge in [0.25, 0.3) is 0 Å². The first kappa shape index (κ1) is 14.4. The molecule has 0 fully saturated rings. The van der Waals surface area contributed by atoms with Gasteiger partial charge in [-0.05, 0) is 17.2 Å². The fourth-order valence-electron chi connectivity index (χ4n) is 2.79. The molecule has 0 unspecified atom stereocenters. The molecule has 118 valence electrons. The van der Waals surface area contributed by atoms with E-state index in [0.717, 1.165) is 28.6 Å². The van der Waals surface area contributed by atoms with Crippen LogP contribution in [0.2, 0.25) is 0 Å². The summed E-state index contributed by atoms with van der Waals surface area (Å²) in [6.45, 7) is 0.722. The van der Waals surface area contributed by atoms with Crippen molar-refractivity contribution in [1.82, 2.24) is 19.3 Å². The maximum absolute atomic E-state index is 11.5. The number of aryl methyl sites for hydroxylation is 1. The largest absolute Gasteiger partial charge is 0.347 e. The Morgan fingerprint density at radius 3 is 2.62 bits per heavy atom. The molecule has 2 heterocycles. The Balaban J connectivity index is 1.78. The number of hydrogen-bond acceptors (Lipinski definition) is 3. The highest BCUT2D eigenvalue weighted by Gasteiger charge is 2.07. The van der Waals surface area contributed by atoms with E-state index in [0.29, 0.717) is 0 Å². The van der Waals surface area contributed by atoms with Crippen molar-refractivity contribution in [2.75, 3.05) is 0 Å². The normalized spacial score (nSPS) is 11.0. The monoisotopic (exact) mass is 316 g/mol. The van der Waals surface area contributed by atoms with E-state index >= 15 is 0 Å². The molecule has 0 amide bonds. The lowest BCUT2D eigenvalue weighted by Crippen LogP contribution is -2.18. The van der Waals surface area contributed by atoms with E-state index in [1.54, 1.807) is 19.4 Å². The van der Waals surface area contributed by atoms with Gasteiger partial charge in [0.05, 0.1) is 18.3 Å². The quantitative estimate of drug-likeness (QED) is 0.584. The Labute approximate surface area is 138 Å². The fourth-order valence-corrected chi connectivity index (χ4v) is 2.79. The predicted molar refractivity (Wildman–Crippen MR) is 93.7 cm³/mol. The van der Waals surface area contributed by atoms with Crippen molar-refractivity contribution >= 4 is 10.9 Å². The summed E-state index contributed by atoms with van der Waals surface area (Å²) in [4.78, 5) is 15.4. The van der Waals surface area contributed by atoms with Gasteiger partial charge in [0.15, 0.2) is 0 Å². The second-order valence-electron chi connectivity index (χ2n) is 5.80. The van der Waals surface area contributed by atoms with Gasteiger partial charge in [0.1, 0.15) is 0 Å². The van der Waals surface area contributed by atoms with Crippen molar-refractivity contribution in [2.45, 2.75) is 6.54 Å². The Bertz CT molecular complexity index is 1060. The molecule has 0 aliphatic carbocycles. The average molecular weight is 316 g/mol. The molecule has 0 saturated carbocycles. The van der Waals surface area contributed by atoms with Crippen molar-refractivity contribution in [3.63, 3.8) is 0 Å². The van der Waals surface area contributed by atoms with E-state index in [4.69, 9.17) is 0 Å². The second kappa shape index (κ2) is 5.77. The van der Waals surface area contributed by atoms with Crippen LogP contribution in [0.5, 0.6) is 0 Å². The third-order valence-corrected chi connectivity index (χ3v) is 4.10. The molecule has 0 saturated heterocycles. The van der Waals surface area contributed by atoms with E-state index in [2.05, 4.69) is 28.3 Å². The second-order valence-corrected chi connectivity index (χ2v) is 5.80. The first-order valence-electron chi connectivity index (χ1n) is 7.73. The van der Waals surface area contributed by atoms with Crippen LogP contribution in [0.15, 0.2) is 71.9 Å². The summed E-state index contributed by atoms with van der Waals surface area (Å²) < 4.78 is 3.48. The van der Waals surface area contributed by atoms with Gasteiger partial charge in [-0.3, -0.25) is 4.68 Å². The molecule has 5 nitrogen and oxygen atoms in total. The van der Waals surface area contributed by atoms with Gasteiger partial charge in [-0.1, -0.05) is 42.5 Å². The van der Waals surface area contributed by atoms with Crippen LogP contribution in [0, 0.1) is 0 Å². The molecule has 0 atom stereocenters. The summed E-state index contributed by atoms with van der Waals surface area (Å²) in [6, 6.07) is 16.4. The number of hydrogen-bond donors (Lipinski definition) is 0. The van der Waals surface area contributed by atoms with Crippen molar-refractivity contribution < 1.29 is 0 Å². The highest BCUT2D eigenvalue weighted by molar-refractivity contribution is 5.84. The first-order valence-corrected chi connectivity index (χ1v) is 7.73. The minimum atomic E-state index is -0.256. The molecule has 0 N–H and O–H groups in total. The third kappa shape index (κ3) is 2.60. The molecular weight excluding hydrogens is 300 g/mol. The smallest absolute Gasteiger partial charge is 0.302 e. The van der Waals surface area contributed by atoms with Crippen LogP contribution in [-0.4, -0.2) is 19.3 Å². The lowest BCUT2D eigenvalue weighted by atomic mass is 10.1. The molecule has 4 rings (SSSR count). The average Bonchev–Trinajstić information content (AvgIpc) is 3.00. The van der Waals surface area contributed by atoms with Gasteiger partial charge in [-0.15, -0.1) is 0 Å². The summed E-state index contributed by atoms with van der Waals surface area (Å²) in [5.41, 5.74) is 3.93. The molecule has 2 aromatic carbocycles. The summed E-state index contributed by atoms with van der Waals surface area (Å²) in [5, 5.41) is 5.59. The van der Waals surface area contributed by atoms with Gasteiger partial charge in [-0.25, -0.2) is 9.78 Å². The Morgan fingerprint density at radius 2 is 1.83 bits per heavy atom. The first-order chi connectivity index (χ1) is 11.7. The molecule has 0 aliphatic rings. The van der Waals surface area contributed by atoms with Gasteiger partial charge < -0.3 is 4.57 Å². The minimum absolute atomic E-state index is 0.256. The van der Waals surface area contributed by atoms with Gasteiger partial charge >= 0.3 is 5.69 Å². The fraction of sp³-hybridized carbons (Fsp3) is 0.105. The van der Waals surface area contributed by atoms with Crippen molar-refractivity contribution in [2.24, 2.45) is 7.05 Å². The summed E-state index contributed by atoms with van der Waals surface area (Å²) >= 11 is 0. The summed E-state index contributed by atoms with van der Waals surface area (Å²) in [6.07, 6.45) is 5.29. The maximum Gasteiger partial charge on any atom is 0.347 e. The van der Waals surface area contributed by atoms with E-state index in [-0.39, 0.29) is 5.69 Å². The van der Waals surface area contributed by atoms with E-state index in [1.165, 1.54) is 10.1 Å². The van der Waals surface area contributed by atoms with Crippen molar-refractivity contribution in [1.29, 1.82) is 0 Å². The highest BCUT2D eigenvalue weighted by Crippen LogP contribution is 2.23. The number of benzene rings is 2. The number of aromatic nitrogens is 4. The Morgan fingerprint density at radius 1 is 1.00 bits per heavy atom. The highest BCUT2D eigenvalue weighted by atomic mass is 16.1. The van der Waals surface area contributed by atoms with Crippen LogP contribution in [0.4, 0.5) is 0 Å². The standard InChI is InChI=1S/C19H16N4O/c1-22-13-17(10-20-19(22)24)15-7-8-16-11-21-23(18(16)9-15)12-14-5-3-2-4-6-14/h2-11,13H,12H2,1H3. The minimum Gasteiger partial charge on any atom is -0.302 e. The lowest BCUT2D eigenvalue weighted by Gasteiger charge is -2.07. The van der Waals surface area contributed by atoms with E-state index < -0.39 is 0 Å². The zero-order chi connectivity index (χ0) is 16.5. The predicted octanol–water partition coefficient (Wildman–Crippen LogP) is 2.85. The van der Waals surface area contributed by atoms with Crippen molar-refractivity contribution in [3.8, 4) is 11.1 Å². The third-order valence-electron chi connectivity index (χ3n) is 4.10. The molecule has 24 heavy (non-hydrogen) atoms. The molecule has 0 aliphatic heterocycles. The molecular formula is C19H16N4O. The van der Waals surface area contributed by atoms with Crippen LogP contribution in [0.25, 0.3) is 22.0 Å². The van der Waals surface area contributed by atoms with Crippen LogP contribution in [-0.2, 0) is 13.6 Å². The molecule has 2 aromatic heterocycles. The molecule has 5 heteroatoms. The Hall–Kier alpha value is -3.21. The molecule has 0 radical (unpaired) electrons. The van der Waals surface area contributed by atoms with Gasteiger partial charge in [0.2, 0.25) is 0 Å². The van der Waals surface area contributed by atoms with Crippen LogP contribution >= 0.6 is 0 Å². The number of rotatable bonds is 3. The van der Waals surface area contributed by atoms with Gasteiger partial charge in [0, 0.05) is 30.4 Å². The van der Waals surface area contributed by atoms with E-state index in [1.807, 2.05) is 41.2 Å². The van der Waals surface area contributed by atoms with Crippen LogP contribution < -0.4 is 5.69 Å². The molecule has 0 spiro atoms. The summed E-state index contributed by atoms with van der Waals surface area (Å²) in [5.74, 6) is 0. The Kier molecular flexibility index (Phi) is 3.46. The molecule has 4 aromatic rings. The maximum atomic E-state index is 11.5. The zero-order valence-electron chi connectivity index (χ0n) is 13.3. The molecule has 0 bridgehead atoms. The van der Waals surface area contributed by atoms with E-state index in [9.17, 15) is 4.79 Å². The van der Waals surface area contributed by atoms with Crippen LogP contribution in [0.1, 0.15) is 5.56 Å². The SMILES string of the molecule is Cn1cc(-c2ccc3cnn(Cc4ccccc4)c3c2)cnc1=O. The lowest BCUT2D eigenvalue weighted by molar-refractivity contribution is 0.712. The topological polar surface area (TPSA) is 52.7 Å². The van der Waals surface area contributed by atoms with Gasteiger partial charge in [-0.2, -0.15) is 5.10 Å².